The Hall–Kier alpha value is -4.31. The highest BCUT2D eigenvalue weighted by Gasteiger charge is 2.28. The van der Waals surface area contributed by atoms with Gasteiger partial charge in [-0.05, 0) is 36.8 Å². The third kappa shape index (κ3) is 4.05. The number of nitrogens with two attached hydrogens (primary N) is 1. The number of carbonyl (C=O) groups excluding carboxylic acids is 1. The number of carboxylic acid groups (broad SMARTS) is 1. The minimum atomic E-state index is -1.16. The van der Waals surface area contributed by atoms with Crippen LogP contribution in [-0.2, 0) is 0 Å². The van der Waals surface area contributed by atoms with E-state index in [1.165, 1.54) is 28.4 Å². The number of carboxylic acids is 1. The van der Waals surface area contributed by atoms with E-state index in [-0.39, 0.29) is 21.9 Å². The quantitative estimate of drug-likeness (QED) is 0.322. The second-order valence-corrected chi connectivity index (χ2v) is 8.74. The van der Waals surface area contributed by atoms with Crippen LogP contribution in [-0.4, -0.2) is 50.3 Å². The molecule has 2 aromatic heterocycles. The third-order valence-electron chi connectivity index (χ3n) is 5.80. The molecular weight excluding hydrogens is 484 g/mol. The van der Waals surface area contributed by atoms with E-state index in [9.17, 15) is 14.7 Å². The molecule has 3 N–H and O–H groups in total. The molecule has 0 amide bonds. The van der Waals surface area contributed by atoms with Crippen molar-refractivity contribution in [3.63, 3.8) is 0 Å². The second-order valence-electron chi connectivity index (χ2n) is 7.74. The normalized spacial score (nSPS) is 10.8. The SMILES string of the molecule is COc1ccc(C(=O)c2sc3nc(C)c(C(=O)O)c(-c4ccc(OC)c(OC)c4)c3c2N)c(OC)c1. The lowest BCUT2D eigenvalue weighted by molar-refractivity contribution is 0.0696. The molecule has 186 valence electrons. The van der Waals surface area contributed by atoms with E-state index in [1.807, 2.05) is 0 Å². The molecule has 0 spiro atoms. The number of pyridine rings is 1. The van der Waals surface area contributed by atoms with E-state index in [1.54, 1.807) is 43.3 Å². The number of ketones is 1. The van der Waals surface area contributed by atoms with Gasteiger partial charge < -0.3 is 29.8 Å². The highest BCUT2D eigenvalue weighted by Crippen LogP contribution is 2.45. The summed E-state index contributed by atoms with van der Waals surface area (Å²) in [7, 11) is 5.98. The highest BCUT2D eigenvalue weighted by atomic mass is 32.1. The zero-order chi connectivity index (χ0) is 26.1. The number of methoxy groups -OCH3 is 4. The maximum absolute atomic E-state index is 13.6. The molecule has 36 heavy (non-hydrogen) atoms. The fourth-order valence-electron chi connectivity index (χ4n) is 4.09. The summed E-state index contributed by atoms with van der Waals surface area (Å²) in [6.45, 7) is 1.61. The number of carbonyl (C=O) groups is 2. The van der Waals surface area contributed by atoms with Crippen molar-refractivity contribution >= 4 is 39.0 Å². The Morgan fingerprint density at radius 1 is 0.917 bits per heavy atom. The molecule has 9 nitrogen and oxygen atoms in total. The monoisotopic (exact) mass is 508 g/mol. The molecule has 0 saturated heterocycles. The van der Waals surface area contributed by atoms with Crippen LogP contribution in [0.1, 0.15) is 31.3 Å². The molecule has 0 aliphatic carbocycles. The Balaban J connectivity index is 2.01. The van der Waals surface area contributed by atoms with Crippen LogP contribution in [0.2, 0.25) is 0 Å². The van der Waals surface area contributed by atoms with Gasteiger partial charge in [0.1, 0.15) is 21.2 Å². The molecule has 4 aromatic rings. The Morgan fingerprint density at radius 2 is 1.61 bits per heavy atom. The van der Waals surface area contributed by atoms with Gasteiger partial charge in [-0.2, -0.15) is 0 Å². The Labute approximate surface area is 211 Å². The third-order valence-corrected chi connectivity index (χ3v) is 6.90. The van der Waals surface area contributed by atoms with E-state index in [0.717, 1.165) is 11.3 Å². The van der Waals surface area contributed by atoms with E-state index in [4.69, 9.17) is 24.7 Å². The number of hydrogen-bond acceptors (Lipinski definition) is 9. The number of ether oxygens (including phenoxy) is 4. The van der Waals surface area contributed by atoms with Crippen LogP contribution in [0, 0.1) is 6.92 Å². The first-order valence-corrected chi connectivity index (χ1v) is 11.5. The number of fused-ring (bicyclic) bond motifs is 1. The Kier molecular flexibility index (Phi) is 6.71. The molecule has 4 rings (SSSR count). The van der Waals surface area contributed by atoms with Gasteiger partial charge in [0.05, 0.1) is 50.9 Å². The summed E-state index contributed by atoms with van der Waals surface area (Å²) in [6.07, 6.45) is 0. The fourth-order valence-corrected chi connectivity index (χ4v) is 5.19. The molecule has 0 aliphatic rings. The van der Waals surface area contributed by atoms with Crippen molar-refractivity contribution in [1.82, 2.24) is 4.98 Å². The largest absolute Gasteiger partial charge is 0.497 e. The lowest BCUT2D eigenvalue weighted by atomic mass is 9.94. The first-order chi connectivity index (χ1) is 17.2. The zero-order valence-electron chi connectivity index (χ0n) is 20.3. The molecule has 2 aromatic carbocycles. The molecule has 0 fully saturated rings. The smallest absolute Gasteiger partial charge is 0.338 e. The van der Waals surface area contributed by atoms with Gasteiger partial charge in [-0.1, -0.05) is 6.07 Å². The number of aryl methyl sites for hydroxylation is 1. The maximum Gasteiger partial charge on any atom is 0.338 e. The summed E-state index contributed by atoms with van der Waals surface area (Å²) >= 11 is 1.10. The lowest BCUT2D eigenvalue weighted by Gasteiger charge is -2.14. The predicted molar refractivity (Wildman–Crippen MR) is 137 cm³/mol. The summed E-state index contributed by atoms with van der Waals surface area (Å²) in [5, 5.41) is 10.4. The highest BCUT2D eigenvalue weighted by molar-refractivity contribution is 7.21. The number of thiophene rings is 1. The van der Waals surface area contributed by atoms with E-state index < -0.39 is 5.97 Å². The number of nitrogen functional groups attached to an aromatic ring is 1. The van der Waals surface area contributed by atoms with Gasteiger partial charge in [-0.15, -0.1) is 11.3 Å². The topological polar surface area (TPSA) is 130 Å². The van der Waals surface area contributed by atoms with Crippen LogP contribution in [0.3, 0.4) is 0 Å². The molecule has 0 unspecified atom stereocenters. The van der Waals surface area contributed by atoms with Crippen molar-refractivity contribution in [2.24, 2.45) is 0 Å². The molecule has 0 saturated carbocycles. The molecule has 10 heteroatoms. The summed E-state index contributed by atoms with van der Waals surface area (Å²) < 4.78 is 21.4. The van der Waals surface area contributed by atoms with Crippen LogP contribution < -0.4 is 24.7 Å². The molecule has 0 bridgehead atoms. The lowest BCUT2D eigenvalue weighted by Crippen LogP contribution is -2.07. The minimum Gasteiger partial charge on any atom is -0.497 e. The van der Waals surface area contributed by atoms with E-state index in [2.05, 4.69) is 4.98 Å². The van der Waals surface area contributed by atoms with Gasteiger partial charge in [0.15, 0.2) is 11.5 Å². The second kappa shape index (κ2) is 9.74. The zero-order valence-corrected chi connectivity index (χ0v) is 21.1. The van der Waals surface area contributed by atoms with Gasteiger partial charge in [0.2, 0.25) is 5.78 Å². The van der Waals surface area contributed by atoms with Crippen LogP contribution in [0.25, 0.3) is 21.3 Å². The molecule has 2 heterocycles. The minimum absolute atomic E-state index is 0.0137. The van der Waals surface area contributed by atoms with Gasteiger partial charge in [0.25, 0.3) is 0 Å². The van der Waals surface area contributed by atoms with Gasteiger partial charge in [-0.25, -0.2) is 9.78 Å². The molecule has 0 aliphatic heterocycles. The van der Waals surface area contributed by atoms with Crippen LogP contribution in [0.5, 0.6) is 23.0 Å². The van der Waals surface area contributed by atoms with Gasteiger partial charge in [-0.3, -0.25) is 4.79 Å². The number of rotatable bonds is 8. The first kappa shape index (κ1) is 24.8. The molecule has 0 atom stereocenters. The van der Waals surface area contributed by atoms with Crippen molar-refractivity contribution < 1.29 is 33.6 Å². The van der Waals surface area contributed by atoms with Crippen molar-refractivity contribution in [2.45, 2.75) is 6.92 Å². The van der Waals surface area contributed by atoms with Crippen molar-refractivity contribution in [3.05, 3.63) is 58.1 Å². The van der Waals surface area contributed by atoms with Crippen molar-refractivity contribution in [3.8, 4) is 34.1 Å². The van der Waals surface area contributed by atoms with Crippen LogP contribution >= 0.6 is 11.3 Å². The molecular formula is C26H24N2O7S. The summed E-state index contributed by atoms with van der Waals surface area (Å²) in [5.74, 6) is 0.228. The number of anilines is 1. The van der Waals surface area contributed by atoms with Gasteiger partial charge >= 0.3 is 5.97 Å². The number of aromatic carboxylic acids is 1. The van der Waals surface area contributed by atoms with Gasteiger partial charge in [0, 0.05) is 17.0 Å². The summed E-state index contributed by atoms with van der Waals surface area (Å²) in [4.78, 5) is 31.1. The molecule has 0 radical (unpaired) electrons. The number of nitrogens with zero attached hydrogens (tertiary/aromatic N) is 1. The number of aromatic nitrogens is 1. The van der Waals surface area contributed by atoms with Crippen molar-refractivity contribution in [2.75, 3.05) is 34.2 Å². The Morgan fingerprint density at radius 3 is 2.22 bits per heavy atom. The standard InChI is InChI=1S/C26H24N2O7S/c1-12-19(26(30)31)20(13-6-9-16(33-3)18(10-13)35-5)21-22(27)24(36-25(21)28-12)23(29)15-8-7-14(32-2)11-17(15)34-4/h6-11H,27H2,1-5H3,(H,30,31). The van der Waals surface area contributed by atoms with Crippen LogP contribution in [0.15, 0.2) is 36.4 Å². The van der Waals surface area contributed by atoms with E-state index in [0.29, 0.717) is 55.6 Å². The number of hydrogen-bond donors (Lipinski definition) is 2. The average molecular weight is 509 g/mol. The summed E-state index contributed by atoms with van der Waals surface area (Å²) in [6, 6.07) is 9.92. The van der Waals surface area contributed by atoms with Crippen molar-refractivity contribution in [1.29, 1.82) is 0 Å². The average Bonchev–Trinajstić information content (AvgIpc) is 3.21. The van der Waals surface area contributed by atoms with Crippen LogP contribution in [0.4, 0.5) is 5.69 Å². The maximum atomic E-state index is 13.6. The first-order valence-electron chi connectivity index (χ1n) is 10.7. The Bertz CT molecular complexity index is 1510. The van der Waals surface area contributed by atoms with E-state index >= 15 is 0 Å². The summed E-state index contributed by atoms with van der Waals surface area (Å²) in [5.41, 5.74) is 8.13. The fraction of sp³-hybridized carbons (Fsp3) is 0.192. The number of benzene rings is 2. The predicted octanol–water partition coefficient (Wildman–Crippen LogP) is 4.82.